The second-order valence-corrected chi connectivity index (χ2v) is 4.96. The van der Waals surface area contributed by atoms with Crippen LogP contribution in [0, 0.1) is 11.7 Å². The van der Waals surface area contributed by atoms with Crippen LogP contribution in [0.3, 0.4) is 0 Å². The van der Waals surface area contributed by atoms with Gasteiger partial charge in [0.05, 0.1) is 18.0 Å². The number of benzene rings is 1. The maximum Gasteiger partial charge on any atom is 0.167 e. The first-order valence-electron chi connectivity index (χ1n) is 6.60. The number of nitrogens with one attached hydrogen (secondary N) is 1. The lowest BCUT2D eigenvalue weighted by molar-refractivity contribution is 0.322. The van der Waals surface area contributed by atoms with E-state index in [2.05, 4.69) is 12.2 Å². The van der Waals surface area contributed by atoms with Crippen molar-refractivity contribution in [2.75, 3.05) is 17.7 Å². The second-order valence-electron chi connectivity index (χ2n) is 4.96. The van der Waals surface area contributed by atoms with Crippen molar-refractivity contribution < 1.29 is 9.13 Å². The first-order chi connectivity index (χ1) is 8.61. The molecule has 0 aliphatic heterocycles. The van der Waals surface area contributed by atoms with Gasteiger partial charge < -0.3 is 15.8 Å². The van der Waals surface area contributed by atoms with E-state index in [4.69, 9.17) is 10.5 Å². The number of rotatable bonds is 4. The average molecular weight is 252 g/mol. The van der Waals surface area contributed by atoms with Crippen LogP contribution in [0.2, 0.25) is 0 Å². The van der Waals surface area contributed by atoms with Gasteiger partial charge in [0.1, 0.15) is 0 Å². The highest BCUT2D eigenvalue weighted by Crippen LogP contribution is 2.33. The van der Waals surface area contributed by atoms with Crippen molar-refractivity contribution in [2.45, 2.75) is 39.2 Å². The van der Waals surface area contributed by atoms with Gasteiger partial charge in [-0.05, 0) is 25.7 Å². The molecule has 2 atom stereocenters. The van der Waals surface area contributed by atoms with E-state index in [1.54, 1.807) is 6.07 Å². The molecule has 0 saturated heterocycles. The SMILES string of the molecule is CCOc1cc(NC2CCCC2C)c(N)cc1F. The molecule has 1 aromatic rings. The van der Waals surface area contributed by atoms with E-state index in [0.29, 0.717) is 24.3 Å². The Balaban J connectivity index is 2.18. The number of ether oxygens (including phenoxy) is 1. The number of hydrogen-bond acceptors (Lipinski definition) is 3. The molecule has 0 bridgehead atoms. The van der Waals surface area contributed by atoms with Gasteiger partial charge in [0.25, 0.3) is 0 Å². The molecular formula is C14H21FN2O. The molecule has 0 radical (unpaired) electrons. The number of nitrogen functional groups attached to an aromatic ring is 1. The smallest absolute Gasteiger partial charge is 0.167 e. The molecule has 3 N–H and O–H groups in total. The van der Waals surface area contributed by atoms with E-state index >= 15 is 0 Å². The molecule has 0 amide bonds. The molecule has 0 spiro atoms. The van der Waals surface area contributed by atoms with Crippen molar-refractivity contribution in [1.29, 1.82) is 0 Å². The van der Waals surface area contributed by atoms with Crippen LogP contribution < -0.4 is 15.8 Å². The zero-order valence-electron chi connectivity index (χ0n) is 11.0. The van der Waals surface area contributed by atoms with E-state index in [-0.39, 0.29) is 5.75 Å². The van der Waals surface area contributed by atoms with Gasteiger partial charge >= 0.3 is 0 Å². The first kappa shape index (κ1) is 13.0. The predicted molar refractivity (Wildman–Crippen MR) is 72.4 cm³/mol. The van der Waals surface area contributed by atoms with Crippen LogP contribution in [-0.2, 0) is 0 Å². The molecule has 1 aromatic carbocycles. The van der Waals surface area contributed by atoms with Gasteiger partial charge in [-0.2, -0.15) is 0 Å². The van der Waals surface area contributed by atoms with Crippen molar-refractivity contribution >= 4 is 11.4 Å². The number of hydrogen-bond donors (Lipinski definition) is 2. The predicted octanol–water partition coefficient (Wildman–Crippen LogP) is 3.41. The van der Waals surface area contributed by atoms with Crippen molar-refractivity contribution in [3.8, 4) is 5.75 Å². The summed E-state index contributed by atoms with van der Waals surface area (Å²) in [5.41, 5.74) is 7.07. The highest BCUT2D eigenvalue weighted by molar-refractivity contribution is 5.69. The van der Waals surface area contributed by atoms with Gasteiger partial charge in [0, 0.05) is 18.2 Å². The Bertz CT molecular complexity index is 423. The van der Waals surface area contributed by atoms with E-state index in [1.807, 2.05) is 6.92 Å². The van der Waals surface area contributed by atoms with Crippen LogP contribution in [0.5, 0.6) is 5.75 Å². The normalized spacial score (nSPS) is 23.1. The summed E-state index contributed by atoms with van der Waals surface area (Å²) in [7, 11) is 0. The lowest BCUT2D eigenvalue weighted by atomic mass is 10.1. The largest absolute Gasteiger partial charge is 0.491 e. The average Bonchev–Trinajstić information content (AvgIpc) is 2.71. The number of nitrogens with two attached hydrogens (primary N) is 1. The van der Waals surface area contributed by atoms with Gasteiger partial charge in [0.15, 0.2) is 11.6 Å². The van der Waals surface area contributed by atoms with Gasteiger partial charge in [0.2, 0.25) is 0 Å². The lowest BCUT2D eigenvalue weighted by Gasteiger charge is -2.20. The van der Waals surface area contributed by atoms with Crippen molar-refractivity contribution in [3.05, 3.63) is 17.9 Å². The molecule has 0 heterocycles. The van der Waals surface area contributed by atoms with Crippen LogP contribution in [0.4, 0.5) is 15.8 Å². The van der Waals surface area contributed by atoms with Crippen molar-refractivity contribution in [1.82, 2.24) is 0 Å². The Morgan fingerprint density at radius 1 is 1.44 bits per heavy atom. The standard InChI is InChI=1S/C14H21FN2O/c1-3-18-14-8-13(11(16)7-10(14)15)17-12-6-4-5-9(12)2/h7-9,12,17H,3-6,16H2,1-2H3. The molecule has 2 rings (SSSR count). The molecule has 2 unspecified atom stereocenters. The fourth-order valence-electron chi connectivity index (χ4n) is 2.52. The minimum atomic E-state index is -0.403. The van der Waals surface area contributed by atoms with E-state index < -0.39 is 5.82 Å². The Morgan fingerprint density at radius 3 is 2.83 bits per heavy atom. The van der Waals surface area contributed by atoms with Crippen molar-refractivity contribution in [3.63, 3.8) is 0 Å². The Kier molecular flexibility index (Phi) is 3.94. The molecule has 0 aromatic heterocycles. The molecule has 1 aliphatic carbocycles. The number of anilines is 2. The molecule has 1 saturated carbocycles. The van der Waals surface area contributed by atoms with Crippen LogP contribution >= 0.6 is 0 Å². The van der Waals surface area contributed by atoms with Gasteiger partial charge in [-0.25, -0.2) is 4.39 Å². The monoisotopic (exact) mass is 252 g/mol. The first-order valence-corrected chi connectivity index (χ1v) is 6.60. The Labute approximate surface area is 108 Å². The third-order valence-corrected chi connectivity index (χ3v) is 3.61. The van der Waals surface area contributed by atoms with E-state index in [0.717, 1.165) is 12.1 Å². The number of halogens is 1. The summed E-state index contributed by atoms with van der Waals surface area (Å²) >= 11 is 0. The summed E-state index contributed by atoms with van der Waals surface area (Å²) < 4.78 is 18.8. The van der Waals surface area contributed by atoms with Crippen molar-refractivity contribution in [2.24, 2.45) is 5.92 Å². The molecular weight excluding hydrogens is 231 g/mol. The fourth-order valence-corrected chi connectivity index (χ4v) is 2.52. The van der Waals surface area contributed by atoms with Crippen LogP contribution in [0.25, 0.3) is 0 Å². The topological polar surface area (TPSA) is 47.3 Å². The minimum Gasteiger partial charge on any atom is -0.491 e. The summed E-state index contributed by atoms with van der Waals surface area (Å²) in [6.45, 7) is 4.51. The molecule has 3 nitrogen and oxygen atoms in total. The summed E-state index contributed by atoms with van der Waals surface area (Å²) in [6, 6.07) is 3.42. The zero-order valence-corrected chi connectivity index (χ0v) is 11.0. The highest BCUT2D eigenvalue weighted by Gasteiger charge is 2.24. The summed E-state index contributed by atoms with van der Waals surface area (Å²) in [6.07, 6.45) is 3.61. The van der Waals surface area contributed by atoms with Crippen LogP contribution in [0.1, 0.15) is 33.1 Å². The maximum atomic E-state index is 13.6. The molecule has 4 heteroatoms. The van der Waals surface area contributed by atoms with E-state index in [1.165, 1.54) is 18.9 Å². The summed E-state index contributed by atoms with van der Waals surface area (Å²) in [5, 5.41) is 3.41. The summed E-state index contributed by atoms with van der Waals surface area (Å²) in [4.78, 5) is 0. The second kappa shape index (κ2) is 5.46. The summed E-state index contributed by atoms with van der Waals surface area (Å²) in [5.74, 6) is 0.490. The maximum absolute atomic E-state index is 13.6. The van der Waals surface area contributed by atoms with Gasteiger partial charge in [-0.3, -0.25) is 0 Å². The zero-order chi connectivity index (χ0) is 13.1. The third-order valence-electron chi connectivity index (χ3n) is 3.61. The van der Waals surface area contributed by atoms with Gasteiger partial charge in [-0.1, -0.05) is 13.3 Å². The Morgan fingerprint density at radius 2 is 2.22 bits per heavy atom. The third kappa shape index (κ3) is 2.68. The molecule has 1 aliphatic rings. The lowest BCUT2D eigenvalue weighted by Crippen LogP contribution is -2.22. The quantitative estimate of drug-likeness (QED) is 0.807. The van der Waals surface area contributed by atoms with E-state index in [9.17, 15) is 4.39 Å². The van der Waals surface area contributed by atoms with Crippen LogP contribution in [0.15, 0.2) is 12.1 Å². The molecule has 1 fully saturated rings. The Hall–Kier alpha value is -1.45. The fraction of sp³-hybridized carbons (Fsp3) is 0.571. The highest BCUT2D eigenvalue weighted by atomic mass is 19.1. The van der Waals surface area contributed by atoms with Crippen LogP contribution in [-0.4, -0.2) is 12.6 Å². The molecule has 100 valence electrons. The minimum absolute atomic E-state index is 0.264. The molecule has 18 heavy (non-hydrogen) atoms. The van der Waals surface area contributed by atoms with Gasteiger partial charge in [-0.15, -0.1) is 0 Å².